The van der Waals surface area contributed by atoms with E-state index in [1.54, 1.807) is 18.2 Å². The number of Topliss-reactive ketones (excluding diaryl/α,β-unsaturated/α-hetero) is 1. The SMILES string of the molecule is O=C(COC(=O)c1sc2ccccc2c1Cl)c1ccc2c(c1)CCO2. The van der Waals surface area contributed by atoms with Crippen LogP contribution >= 0.6 is 22.9 Å². The number of thiophene rings is 1. The summed E-state index contributed by atoms with van der Waals surface area (Å²) in [6.07, 6.45) is 0.785. The van der Waals surface area contributed by atoms with Crippen LogP contribution in [0.4, 0.5) is 0 Å². The van der Waals surface area contributed by atoms with Crippen molar-refractivity contribution in [1.82, 2.24) is 0 Å². The molecule has 1 aromatic heterocycles. The Morgan fingerprint density at radius 1 is 1.20 bits per heavy atom. The fourth-order valence-corrected chi connectivity index (χ4v) is 4.19. The minimum Gasteiger partial charge on any atom is -0.493 e. The van der Waals surface area contributed by atoms with Gasteiger partial charge in [0.05, 0.1) is 11.6 Å². The molecule has 1 aliphatic rings. The number of rotatable bonds is 4. The van der Waals surface area contributed by atoms with E-state index < -0.39 is 5.97 Å². The molecule has 0 radical (unpaired) electrons. The zero-order valence-corrected chi connectivity index (χ0v) is 14.7. The van der Waals surface area contributed by atoms with Crippen molar-refractivity contribution in [3.8, 4) is 5.75 Å². The van der Waals surface area contributed by atoms with Crippen molar-refractivity contribution in [2.24, 2.45) is 0 Å². The van der Waals surface area contributed by atoms with E-state index >= 15 is 0 Å². The molecule has 2 aromatic carbocycles. The number of fused-ring (bicyclic) bond motifs is 2. The maximum Gasteiger partial charge on any atom is 0.350 e. The lowest BCUT2D eigenvalue weighted by Gasteiger charge is -2.05. The van der Waals surface area contributed by atoms with Crippen LogP contribution in [0.2, 0.25) is 5.02 Å². The number of carbonyl (C=O) groups excluding carboxylic acids is 2. The van der Waals surface area contributed by atoms with E-state index in [1.807, 2.05) is 24.3 Å². The molecule has 0 amide bonds. The summed E-state index contributed by atoms with van der Waals surface area (Å²) < 4.78 is 11.5. The Labute approximate surface area is 152 Å². The Kier molecular flexibility index (Phi) is 4.19. The van der Waals surface area contributed by atoms with Gasteiger partial charge in [0.2, 0.25) is 0 Å². The molecule has 2 heterocycles. The molecular weight excluding hydrogens is 360 g/mol. The number of halogens is 1. The van der Waals surface area contributed by atoms with Crippen LogP contribution < -0.4 is 4.74 Å². The van der Waals surface area contributed by atoms with Gasteiger partial charge in [-0.05, 0) is 29.8 Å². The van der Waals surface area contributed by atoms with Gasteiger partial charge in [0.25, 0.3) is 0 Å². The molecule has 0 spiro atoms. The molecule has 6 heteroatoms. The monoisotopic (exact) mass is 372 g/mol. The average molecular weight is 373 g/mol. The van der Waals surface area contributed by atoms with Gasteiger partial charge >= 0.3 is 5.97 Å². The first-order valence-corrected chi connectivity index (χ1v) is 8.96. The van der Waals surface area contributed by atoms with Gasteiger partial charge in [-0.15, -0.1) is 11.3 Å². The predicted octanol–water partition coefficient (Wildman–Crippen LogP) is 4.53. The van der Waals surface area contributed by atoms with E-state index in [0.29, 0.717) is 22.1 Å². The third-order valence-electron chi connectivity index (χ3n) is 4.07. The highest BCUT2D eigenvalue weighted by Gasteiger charge is 2.20. The number of hydrogen-bond donors (Lipinski definition) is 0. The van der Waals surface area contributed by atoms with Gasteiger partial charge in [0, 0.05) is 22.1 Å². The molecule has 4 nitrogen and oxygen atoms in total. The lowest BCUT2D eigenvalue weighted by Crippen LogP contribution is -2.14. The average Bonchev–Trinajstić information content (AvgIpc) is 3.23. The molecule has 0 N–H and O–H groups in total. The Hall–Kier alpha value is -2.37. The van der Waals surface area contributed by atoms with Gasteiger partial charge in [-0.2, -0.15) is 0 Å². The van der Waals surface area contributed by atoms with Crippen LogP contribution in [0, 0.1) is 0 Å². The minimum atomic E-state index is -0.580. The van der Waals surface area contributed by atoms with Crippen LogP contribution in [-0.4, -0.2) is 25.0 Å². The summed E-state index contributed by atoms with van der Waals surface area (Å²) in [5, 5.41) is 1.18. The molecule has 0 saturated carbocycles. The van der Waals surface area contributed by atoms with Crippen LogP contribution in [0.5, 0.6) is 5.75 Å². The van der Waals surface area contributed by atoms with E-state index in [4.69, 9.17) is 21.1 Å². The Morgan fingerprint density at radius 2 is 2.04 bits per heavy atom. The molecule has 0 unspecified atom stereocenters. The van der Waals surface area contributed by atoms with Gasteiger partial charge in [-0.25, -0.2) is 4.79 Å². The van der Waals surface area contributed by atoms with Crippen molar-refractivity contribution < 1.29 is 19.1 Å². The number of ether oxygens (including phenoxy) is 2. The number of carbonyl (C=O) groups is 2. The zero-order valence-electron chi connectivity index (χ0n) is 13.1. The second kappa shape index (κ2) is 6.50. The van der Waals surface area contributed by atoms with E-state index in [0.717, 1.165) is 27.8 Å². The van der Waals surface area contributed by atoms with Crippen molar-refractivity contribution in [2.45, 2.75) is 6.42 Å². The van der Waals surface area contributed by atoms with E-state index in [9.17, 15) is 9.59 Å². The highest BCUT2D eigenvalue weighted by molar-refractivity contribution is 7.21. The Bertz CT molecular complexity index is 992. The smallest absolute Gasteiger partial charge is 0.350 e. The fourth-order valence-electron chi connectivity index (χ4n) is 2.79. The fraction of sp³-hybridized carbons (Fsp3) is 0.158. The number of ketones is 1. The highest BCUT2D eigenvalue weighted by atomic mass is 35.5. The highest BCUT2D eigenvalue weighted by Crippen LogP contribution is 2.35. The lowest BCUT2D eigenvalue weighted by molar-refractivity contribution is 0.0480. The second-order valence-corrected chi connectivity index (χ2v) is 7.09. The summed E-state index contributed by atoms with van der Waals surface area (Å²) in [6, 6.07) is 12.7. The molecule has 0 aliphatic carbocycles. The normalized spacial score (nSPS) is 12.7. The molecule has 1 aliphatic heterocycles. The third kappa shape index (κ3) is 3.01. The molecule has 0 fully saturated rings. The summed E-state index contributed by atoms with van der Waals surface area (Å²) in [5.41, 5.74) is 1.52. The van der Waals surface area contributed by atoms with Crippen molar-refractivity contribution >= 4 is 44.8 Å². The van der Waals surface area contributed by atoms with Crippen molar-refractivity contribution in [3.05, 3.63) is 63.5 Å². The number of benzene rings is 2. The molecule has 3 aromatic rings. The summed E-state index contributed by atoms with van der Waals surface area (Å²) in [6.45, 7) is 0.315. The molecule has 4 rings (SSSR count). The standard InChI is InChI=1S/C19H13ClO4S/c20-17-13-3-1-2-4-16(13)25-18(17)19(22)24-10-14(21)11-5-6-15-12(9-11)7-8-23-15/h1-6,9H,7-8,10H2. The largest absolute Gasteiger partial charge is 0.493 e. The quantitative estimate of drug-likeness (QED) is 0.498. The van der Waals surface area contributed by atoms with E-state index in [2.05, 4.69) is 0 Å². The number of esters is 1. The van der Waals surface area contributed by atoms with Crippen molar-refractivity contribution in [1.29, 1.82) is 0 Å². The summed E-state index contributed by atoms with van der Waals surface area (Å²) in [5.74, 6) is -0.0186. The van der Waals surface area contributed by atoms with Crippen LogP contribution in [0.1, 0.15) is 25.6 Å². The van der Waals surface area contributed by atoms with Crippen molar-refractivity contribution in [2.75, 3.05) is 13.2 Å². The molecule has 25 heavy (non-hydrogen) atoms. The molecule has 126 valence electrons. The Balaban J connectivity index is 1.47. The minimum absolute atomic E-state index is 0.250. The second-order valence-electron chi connectivity index (χ2n) is 5.66. The van der Waals surface area contributed by atoms with Gasteiger partial charge in [-0.3, -0.25) is 4.79 Å². The maximum absolute atomic E-state index is 12.3. The van der Waals surface area contributed by atoms with Crippen molar-refractivity contribution in [3.63, 3.8) is 0 Å². The summed E-state index contributed by atoms with van der Waals surface area (Å²) in [7, 11) is 0. The van der Waals surface area contributed by atoms with Gasteiger partial charge in [0.15, 0.2) is 12.4 Å². The Morgan fingerprint density at radius 3 is 2.88 bits per heavy atom. The summed E-state index contributed by atoms with van der Waals surface area (Å²) >= 11 is 7.52. The first-order valence-electron chi connectivity index (χ1n) is 7.76. The predicted molar refractivity (Wildman–Crippen MR) is 97.1 cm³/mol. The topological polar surface area (TPSA) is 52.6 Å². The summed E-state index contributed by atoms with van der Waals surface area (Å²) in [4.78, 5) is 24.9. The van der Waals surface area contributed by atoms with Crippen LogP contribution in [0.25, 0.3) is 10.1 Å². The van der Waals surface area contributed by atoms with E-state index in [-0.39, 0.29) is 12.4 Å². The number of hydrogen-bond acceptors (Lipinski definition) is 5. The lowest BCUT2D eigenvalue weighted by atomic mass is 10.1. The van der Waals surface area contributed by atoms with Gasteiger partial charge in [0.1, 0.15) is 10.6 Å². The molecule has 0 saturated heterocycles. The zero-order chi connectivity index (χ0) is 17.4. The molecular formula is C19H13ClO4S. The van der Waals surface area contributed by atoms with Crippen LogP contribution in [-0.2, 0) is 11.2 Å². The molecule has 0 bridgehead atoms. The first-order chi connectivity index (χ1) is 12.1. The van der Waals surface area contributed by atoms with Crippen LogP contribution in [0.3, 0.4) is 0 Å². The van der Waals surface area contributed by atoms with Crippen LogP contribution in [0.15, 0.2) is 42.5 Å². The first kappa shape index (κ1) is 16.1. The third-order valence-corrected chi connectivity index (χ3v) is 5.72. The maximum atomic E-state index is 12.3. The molecule has 0 atom stereocenters. The van der Waals surface area contributed by atoms with Gasteiger partial charge in [-0.1, -0.05) is 29.8 Å². The van der Waals surface area contributed by atoms with E-state index in [1.165, 1.54) is 11.3 Å². The van der Waals surface area contributed by atoms with Gasteiger partial charge < -0.3 is 9.47 Å².